The number of methoxy groups -OCH3 is 1. The Morgan fingerprint density at radius 1 is 1.32 bits per heavy atom. The molecule has 4 heteroatoms. The largest absolute Gasteiger partial charge is 0.383 e. The Balaban J connectivity index is 2.63. The lowest BCUT2D eigenvalue weighted by Crippen LogP contribution is -2.31. The Hall–Kier alpha value is -0.970. The lowest BCUT2D eigenvalue weighted by Gasteiger charge is -2.23. The van der Waals surface area contributed by atoms with Crippen molar-refractivity contribution in [3.8, 4) is 0 Å². The topological polar surface area (TPSA) is 37.4 Å². The maximum atomic E-state index is 5.18. The van der Waals surface area contributed by atoms with Crippen molar-refractivity contribution in [3.05, 3.63) is 29.6 Å². The molecule has 0 fully saturated rings. The second-order valence-corrected chi connectivity index (χ2v) is 5.27. The van der Waals surface area contributed by atoms with Crippen LogP contribution in [0, 0.1) is 5.92 Å². The Labute approximate surface area is 117 Å². The van der Waals surface area contributed by atoms with Gasteiger partial charge in [0.05, 0.1) is 18.0 Å². The number of hydrogen-bond acceptors (Lipinski definition) is 4. The number of aromatic nitrogens is 1. The predicted octanol–water partition coefficient (Wildman–Crippen LogP) is 1.91. The molecule has 0 saturated carbocycles. The minimum absolute atomic E-state index is 0.650. The van der Waals surface area contributed by atoms with Crippen LogP contribution in [0.5, 0.6) is 0 Å². The predicted molar refractivity (Wildman–Crippen MR) is 79.0 cm³/mol. The Kier molecular flexibility index (Phi) is 7.63. The van der Waals surface area contributed by atoms with Gasteiger partial charge < -0.3 is 10.1 Å². The second kappa shape index (κ2) is 9.02. The fraction of sp³-hybridized carbons (Fsp3) is 0.667. The molecule has 4 nitrogen and oxygen atoms in total. The number of hydrogen-bond donors (Lipinski definition) is 1. The van der Waals surface area contributed by atoms with Crippen molar-refractivity contribution in [1.82, 2.24) is 15.2 Å². The van der Waals surface area contributed by atoms with E-state index in [2.05, 4.69) is 47.2 Å². The zero-order chi connectivity index (χ0) is 14.1. The maximum absolute atomic E-state index is 5.18. The first-order valence-electron chi connectivity index (χ1n) is 6.96. The maximum Gasteiger partial charge on any atom is 0.0589 e. The van der Waals surface area contributed by atoms with Gasteiger partial charge in [-0.3, -0.25) is 9.88 Å². The van der Waals surface area contributed by atoms with E-state index < -0.39 is 0 Å². The van der Waals surface area contributed by atoms with Crippen LogP contribution < -0.4 is 5.32 Å². The highest BCUT2D eigenvalue weighted by molar-refractivity contribution is 5.11. The van der Waals surface area contributed by atoms with Crippen molar-refractivity contribution in [3.63, 3.8) is 0 Å². The van der Waals surface area contributed by atoms with Gasteiger partial charge in [-0.25, -0.2) is 0 Å². The smallest absolute Gasteiger partial charge is 0.0589 e. The fourth-order valence-corrected chi connectivity index (χ4v) is 2.10. The van der Waals surface area contributed by atoms with Gasteiger partial charge in [0.2, 0.25) is 0 Å². The molecule has 0 aliphatic heterocycles. The summed E-state index contributed by atoms with van der Waals surface area (Å²) in [6, 6.07) is 6.24. The van der Waals surface area contributed by atoms with E-state index in [1.165, 1.54) is 0 Å². The van der Waals surface area contributed by atoms with Crippen molar-refractivity contribution in [2.45, 2.75) is 26.9 Å². The van der Waals surface area contributed by atoms with Crippen LogP contribution in [-0.2, 0) is 17.8 Å². The molecule has 0 aliphatic rings. The molecule has 0 spiro atoms. The van der Waals surface area contributed by atoms with E-state index >= 15 is 0 Å². The summed E-state index contributed by atoms with van der Waals surface area (Å²) >= 11 is 0. The summed E-state index contributed by atoms with van der Waals surface area (Å²) in [7, 11) is 3.69. The monoisotopic (exact) mass is 265 g/mol. The third-order valence-electron chi connectivity index (χ3n) is 2.84. The summed E-state index contributed by atoms with van der Waals surface area (Å²) in [5.41, 5.74) is 2.22. The van der Waals surface area contributed by atoms with Crippen molar-refractivity contribution in [2.24, 2.45) is 5.92 Å². The molecule has 108 valence electrons. The quantitative estimate of drug-likeness (QED) is 0.740. The summed E-state index contributed by atoms with van der Waals surface area (Å²) in [5.74, 6) is 0.650. The first-order chi connectivity index (χ1) is 9.15. The number of nitrogens with one attached hydrogen (secondary N) is 1. The van der Waals surface area contributed by atoms with E-state index in [1.807, 2.05) is 7.05 Å². The van der Waals surface area contributed by atoms with Crippen LogP contribution in [0.25, 0.3) is 0 Å². The summed E-state index contributed by atoms with van der Waals surface area (Å²) in [5, 5.41) is 3.13. The van der Waals surface area contributed by atoms with E-state index in [9.17, 15) is 0 Å². The SMILES string of the molecule is CNCc1cccc(CN(CCOC)CC(C)C)n1. The molecular weight excluding hydrogens is 238 g/mol. The van der Waals surface area contributed by atoms with Gasteiger partial charge >= 0.3 is 0 Å². The summed E-state index contributed by atoms with van der Waals surface area (Å²) in [4.78, 5) is 7.08. The first-order valence-corrected chi connectivity index (χ1v) is 6.96. The molecule has 1 aromatic heterocycles. The highest BCUT2D eigenvalue weighted by Crippen LogP contribution is 2.06. The number of rotatable bonds is 9. The van der Waals surface area contributed by atoms with E-state index in [1.54, 1.807) is 7.11 Å². The molecule has 0 aliphatic carbocycles. The Morgan fingerprint density at radius 3 is 2.68 bits per heavy atom. The van der Waals surface area contributed by atoms with Crippen LogP contribution in [0.15, 0.2) is 18.2 Å². The van der Waals surface area contributed by atoms with E-state index in [0.717, 1.165) is 44.2 Å². The van der Waals surface area contributed by atoms with Crippen LogP contribution in [-0.4, -0.2) is 43.7 Å². The third kappa shape index (κ3) is 6.66. The molecule has 1 aromatic rings. The summed E-state index contributed by atoms with van der Waals surface area (Å²) < 4.78 is 5.18. The standard InChI is InChI=1S/C15H27N3O/c1-13(2)11-18(8-9-19-4)12-15-7-5-6-14(17-15)10-16-3/h5-7,13,16H,8-12H2,1-4H3. The van der Waals surface area contributed by atoms with Gasteiger partial charge in [-0.2, -0.15) is 0 Å². The van der Waals surface area contributed by atoms with Crippen molar-refractivity contribution >= 4 is 0 Å². The van der Waals surface area contributed by atoms with Gasteiger partial charge in [-0.1, -0.05) is 19.9 Å². The van der Waals surface area contributed by atoms with Gasteiger partial charge in [0, 0.05) is 33.3 Å². The summed E-state index contributed by atoms with van der Waals surface area (Å²) in [6.07, 6.45) is 0. The average molecular weight is 265 g/mol. The fourth-order valence-electron chi connectivity index (χ4n) is 2.10. The van der Waals surface area contributed by atoms with Crippen LogP contribution in [0.4, 0.5) is 0 Å². The zero-order valence-corrected chi connectivity index (χ0v) is 12.6. The van der Waals surface area contributed by atoms with Crippen LogP contribution in [0.1, 0.15) is 25.2 Å². The zero-order valence-electron chi connectivity index (χ0n) is 12.6. The molecule has 0 atom stereocenters. The summed E-state index contributed by atoms with van der Waals surface area (Å²) in [6.45, 7) is 8.97. The Bertz CT molecular complexity index is 355. The minimum atomic E-state index is 0.650. The number of ether oxygens (including phenoxy) is 1. The molecule has 0 bridgehead atoms. The molecular formula is C15H27N3O. The molecule has 0 saturated heterocycles. The van der Waals surface area contributed by atoms with E-state index in [4.69, 9.17) is 4.74 Å². The minimum Gasteiger partial charge on any atom is -0.383 e. The molecule has 1 heterocycles. The molecule has 1 rings (SSSR count). The van der Waals surface area contributed by atoms with Crippen LogP contribution in [0.3, 0.4) is 0 Å². The van der Waals surface area contributed by atoms with Crippen LogP contribution >= 0.6 is 0 Å². The first kappa shape index (κ1) is 16.1. The molecule has 0 radical (unpaired) electrons. The van der Waals surface area contributed by atoms with Crippen molar-refractivity contribution in [1.29, 1.82) is 0 Å². The Morgan fingerprint density at radius 2 is 2.05 bits per heavy atom. The van der Waals surface area contributed by atoms with E-state index in [-0.39, 0.29) is 0 Å². The van der Waals surface area contributed by atoms with Crippen molar-refractivity contribution < 1.29 is 4.74 Å². The molecule has 1 N–H and O–H groups in total. The normalized spacial score (nSPS) is 11.5. The number of pyridine rings is 1. The van der Waals surface area contributed by atoms with Crippen molar-refractivity contribution in [2.75, 3.05) is 33.9 Å². The van der Waals surface area contributed by atoms with Gasteiger partial charge in [0.1, 0.15) is 0 Å². The number of nitrogens with zero attached hydrogens (tertiary/aromatic N) is 2. The lowest BCUT2D eigenvalue weighted by molar-refractivity contribution is 0.135. The van der Waals surface area contributed by atoms with E-state index in [0.29, 0.717) is 5.92 Å². The van der Waals surface area contributed by atoms with Gasteiger partial charge in [-0.05, 0) is 25.1 Å². The third-order valence-corrected chi connectivity index (χ3v) is 2.84. The van der Waals surface area contributed by atoms with Gasteiger partial charge in [-0.15, -0.1) is 0 Å². The molecule has 0 amide bonds. The average Bonchev–Trinajstić information content (AvgIpc) is 2.36. The lowest BCUT2D eigenvalue weighted by atomic mass is 10.2. The molecule has 19 heavy (non-hydrogen) atoms. The highest BCUT2D eigenvalue weighted by atomic mass is 16.5. The van der Waals surface area contributed by atoms with Crippen LogP contribution in [0.2, 0.25) is 0 Å². The highest BCUT2D eigenvalue weighted by Gasteiger charge is 2.09. The second-order valence-electron chi connectivity index (χ2n) is 5.27. The molecule has 0 unspecified atom stereocenters. The molecule has 0 aromatic carbocycles. The van der Waals surface area contributed by atoms with Gasteiger partial charge in [0.25, 0.3) is 0 Å². The van der Waals surface area contributed by atoms with Gasteiger partial charge in [0.15, 0.2) is 0 Å².